The number of nitrogens with zero attached hydrogens (tertiary/aromatic N) is 3. The van der Waals surface area contributed by atoms with Gasteiger partial charge in [-0.3, -0.25) is 9.69 Å². The van der Waals surface area contributed by atoms with E-state index >= 15 is 0 Å². The second kappa shape index (κ2) is 3.62. The highest BCUT2D eigenvalue weighted by Gasteiger charge is 2.34. The van der Waals surface area contributed by atoms with Gasteiger partial charge >= 0.3 is 0 Å². The number of fused-ring (bicyclic) bond motifs is 1. The van der Waals surface area contributed by atoms with Crippen LogP contribution >= 0.6 is 0 Å². The number of ether oxygens (including phenoxy) is 1. The molecule has 0 spiro atoms. The molecule has 0 saturated heterocycles. The minimum absolute atomic E-state index is 0.00296. The summed E-state index contributed by atoms with van der Waals surface area (Å²) < 4.78 is 5.10. The number of rotatable bonds is 2. The predicted octanol–water partition coefficient (Wildman–Crippen LogP) is 0.365. The monoisotopic (exact) mass is 222 g/mol. The van der Waals surface area contributed by atoms with Gasteiger partial charge in [-0.2, -0.15) is 9.97 Å². The van der Waals surface area contributed by atoms with E-state index in [1.54, 1.807) is 4.90 Å². The van der Waals surface area contributed by atoms with Crippen LogP contribution in [0.15, 0.2) is 0 Å². The number of hydrogen-bond donors (Lipinski definition) is 1. The minimum Gasteiger partial charge on any atom is -0.481 e. The van der Waals surface area contributed by atoms with Crippen LogP contribution in [0, 0.1) is 0 Å². The first-order valence-electron chi connectivity index (χ1n) is 5.07. The van der Waals surface area contributed by atoms with Gasteiger partial charge in [0.25, 0.3) is 0 Å². The Balaban J connectivity index is 2.57. The molecule has 0 radical (unpaired) electrons. The second-order valence-corrected chi connectivity index (χ2v) is 3.93. The third-order valence-corrected chi connectivity index (χ3v) is 2.50. The van der Waals surface area contributed by atoms with Gasteiger partial charge in [-0.1, -0.05) is 0 Å². The molecule has 0 aliphatic carbocycles. The molecule has 6 heteroatoms. The summed E-state index contributed by atoms with van der Waals surface area (Å²) in [5, 5.41) is 0. The molecule has 0 bridgehead atoms. The molecule has 0 atom stereocenters. The number of carbonyl (C=O) groups excluding carboxylic acids is 1. The quantitative estimate of drug-likeness (QED) is 0.781. The van der Waals surface area contributed by atoms with Crippen molar-refractivity contribution in [2.24, 2.45) is 0 Å². The van der Waals surface area contributed by atoms with Crippen LogP contribution in [0.25, 0.3) is 0 Å². The number of amides is 1. The fraction of sp³-hybridized carbons (Fsp3) is 0.500. The van der Waals surface area contributed by atoms with Crippen molar-refractivity contribution in [2.45, 2.75) is 26.3 Å². The zero-order valence-electron chi connectivity index (χ0n) is 9.52. The number of hydrogen-bond acceptors (Lipinski definition) is 5. The Labute approximate surface area is 93.4 Å². The largest absolute Gasteiger partial charge is 0.481 e. The Morgan fingerprint density at radius 3 is 2.69 bits per heavy atom. The van der Waals surface area contributed by atoms with E-state index < -0.39 is 0 Å². The summed E-state index contributed by atoms with van der Waals surface area (Å²) in [6, 6.07) is 0.0488. The van der Waals surface area contributed by atoms with Crippen LogP contribution in [0.2, 0.25) is 0 Å². The lowest BCUT2D eigenvalue weighted by atomic mass is 10.2. The summed E-state index contributed by atoms with van der Waals surface area (Å²) in [4.78, 5) is 21.5. The molecule has 1 aromatic heterocycles. The molecule has 1 amide bonds. The number of nitrogen functional groups attached to an aromatic ring is 1. The van der Waals surface area contributed by atoms with Gasteiger partial charge in [0, 0.05) is 6.04 Å². The lowest BCUT2D eigenvalue weighted by Crippen LogP contribution is -2.34. The molecule has 0 aromatic carbocycles. The Morgan fingerprint density at radius 1 is 1.44 bits per heavy atom. The van der Waals surface area contributed by atoms with Crippen LogP contribution in [0.3, 0.4) is 0 Å². The van der Waals surface area contributed by atoms with Gasteiger partial charge in [-0.05, 0) is 13.8 Å². The van der Waals surface area contributed by atoms with Gasteiger partial charge in [-0.25, -0.2) is 0 Å². The summed E-state index contributed by atoms with van der Waals surface area (Å²) in [5.41, 5.74) is 6.29. The van der Waals surface area contributed by atoms with Crippen LogP contribution in [0.4, 0.5) is 11.8 Å². The molecule has 0 saturated carbocycles. The van der Waals surface area contributed by atoms with Crippen molar-refractivity contribution in [1.82, 2.24) is 9.97 Å². The van der Waals surface area contributed by atoms with E-state index in [9.17, 15) is 4.79 Å². The van der Waals surface area contributed by atoms with Crippen molar-refractivity contribution in [3.8, 4) is 5.88 Å². The van der Waals surface area contributed by atoms with Crippen LogP contribution in [-0.2, 0) is 11.2 Å². The first kappa shape index (κ1) is 10.7. The Morgan fingerprint density at radius 2 is 2.12 bits per heavy atom. The lowest BCUT2D eigenvalue weighted by Gasteiger charge is -2.20. The maximum Gasteiger partial charge on any atom is 0.233 e. The molecule has 0 unspecified atom stereocenters. The smallest absolute Gasteiger partial charge is 0.233 e. The van der Waals surface area contributed by atoms with E-state index in [0.717, 1.165) is 5.56 Å². The molecule has 1 aliphatic rings. The van der Waals surface area contributed by atoms with Gasteiger partial charge in [0.15, 0.2) is 0 Å². The van der Waals surface area contributed by atoms with Gasteiger partial charge in [0.2, 0.25) is 17.7 Å². The highest BCUT2D eigenvalue weighted by atomic mass is 16.5. The van der Waals surface area contributed by atoms with Crippen LogP contribution in [0.1, 0.15) is 19.4 Å². The molecule has 2 heterocycles. The van der Waals surface area contributed by atoms with Crippen molar-refractivity contribution in [3.05, 3.63) is 5.56 Å². The van der Waals surface area contributed by atoms with Crippen molar-refractivity contribution >= 4 is 17.7 Å². The lowest BCUT2D eigenvalue weighted by molar-refractivity contribution is -0.117. The first-order chi connectivity index (χ1) is 7.54. The van der Waals surface area contributed by atoms with Crippen molar-refractivity contribution in [1.29, 1.82) is 0 Å². The fourth-order valence-electron chi connectivity index (χ4n) is 1.88. The number of aromatic nitrogens is 2. The first-order valence-corrected chi connectivity index (χ1v) is 5.07. The van der Waals surface area contributed by atoms with Crippen LogP contribution < -0.4 is 15.4 Å². The number of carbonyl (C=O) groups is 1. The average molecular weight is 222 g/mol. The second-order valence-electron chi connectivity index (χ2n) is 3.93. The van der Waals surface area contributed by atoms with E-state index in [4.69, 9.17) is 10.5 Å². The van der Waals surface area contributed by atoms with Crippen LogP contribution in [0.5, 0.6) is 5.88 Å². The molecule has 86 valence electrons. The normalized spacial score (nSPS) is 14.5. The average Bonchev–Trinajstić information content (AvgIpc) is 2.52. The highest BCUT2D eigenvalue weighted by molar-refractivity contribution is 6.01. The summed E-state index contributed by atoms with van der Waals surface area (Å²) in [7, 11) is 1.50. The Bertz CT molecular complexity index is 445. The van der Waals surface area contributed by atoms with Gasteiger partial charge in [-0.15, -0.1) is 0 Å². The summed E-state index contributed by atoms with van der Waals surface area (Å²) in [6.45, 7) is 3.86. The van der Waals surface area contributed by atoms with E-state index in [0.29, 0.717) is 11.7 Å². The Hall–Kier alpha value is -1.85. The van der Waals surface area contributed by atoms with E-state index in [1.807, 2.05) is 13.8 Å². The SMILES string of the molecule is COc1nc(N)nc2c1CC(=O)N2C(C)C. The number of anilines is 2. The maximum absolute atomic E-state index is 11.8. The van der Waals surface area contributed by atoms with Gasteiger partial charge in [0.1, 0.15) is 5.82 Å². The molecule has 16 heavy (non-hydrogen) atoms. The van der Waals surface area contributed by atoms with E-state index in [1.165, 1.54) is 7.11 Å². The Kier molecular flexibility index (Phi) is 2.41. The zero-order valence-corrected chi connectivity index (χ0v) is 9.52. The topological polar surface area (TPSA) is 81.3 Å². The standard InChI is InChI=1S/C10H14N4O2/c1-5(2)14-7(15)4-6-8(14)12-10(11)13-9(6)16-3/h5H,4H2,1-3H3,(H2,11,12,13). The fourth-order valence-corrected chi connectivity index (χ4v) is 1.88. The molecule has 2 N–H and O–H groups in total. The maximum atomic E-state index is 11.8. The number of nitrogens with two attached hydrogens (primary N) is 1. The number of methoxy groups -OCH3 is 1. The minimum atomic E-state index is 0.00296. The predicted molar refractivity (Wildman–Crippen MR) is 59.3 cm³/mol. The van der Waals surface area contributed by atoms with Gasteiger partial charge < -0.3 is 10.5 Å². The van der Waals surface area contributed by atoms with Gasteiger partial charge in [0.05, 0.1) is 19.1 Å². The zero-order chi connectivity index (χ0) is 11.9. The summed E-state index contributed by atoms with van der Waals surface area (Å²) >= 11 is 0. The molecule has 1 aliphatic heterocycles. The van der Waals surface area contributed by atoms with Crippen molar-refractivity contribution in [2.75, 3.05) is 17.7 Å². The molecule has 0 fully saturated rings. The summed E-state index contributed by atoms with van der Waals surface area (Å²) in [6.07, 6.45) is 0.275. The van der Waals surface area contributed by atoms with Crippen LogP contribution in [-0.4, -0.2) is 29.0 Å². The molecule has 1 aromatic rings. The van der Waals surface area contributed by atoms with Crippen molar-refractivity contribution in [3.63, 3.8) is 0 Å². The third kappa shape index (κ3) is 1.46. The van der Waals surface area contributed by atoms with Crippen molar-refractivity contribution < 1.29 is 9.53 Å². The van der Waals surface area contributed by atoms with E-state index in [-0.39, 0.29) is 24.3 Å². The third-order valence-electron chi connectivity index (χ3n) is 2.50. The summed E-state index contributed by atoms with van der Waals surface area (Å²) in [5.74, 6) is 1.09. The highest BCUT2D eigenvalue weighted by Crippen LogP contribution is 2.34. The molecule has 2 rings (SSSR count). The molecular formula is C10H14N4O2. The molecule has 6 nitrogen and oxygen atoms in total. The molecular weight excluding hydrogens is 208 g/mol. The van der Waals surface area contributed by atoms with E-state index in [2.05, 4.69) is 9.97 Å².